The van der Waals surface area contributed by atoms with Gasteiger partial charge in [-0.1, -0.05) is 26.8 Å². The van der Waals surface area contributed by atoms with Crippen LogP contribution in [-0.4, -0.2) is 10.8 Å². The fourth-order valence-corrected chi connectivity index (χ4v) is 2.19. The van der Waals surface area contributed by atoms with Gasteiger partial charge >= 0.3 is 0 Å². The van der Waals surface area contributed by atoms with E-state index in [1.54, 1.807) is 17.4 Å². The zero-order valence-corrected chi connectivity index (χ0v) is 10.4. The molecule has 0 aliphatic carbocycles. The molecule has 0 atom stereocenters. The number of carbonyl (C=O) groups excluding carboxylic acids is 1. The van der Waals surface area contributed by atoms with Crippen molar-refractivity contribution in [3.63, 3.8) is 0 Å². The molecule has 0 saturated carbocycles. The molecule has 0 amide bonds. The molecule has 0 radical (unpaired) electrons. The Morgan fingerprint density at radius 1 is 1.60 bits per heavy atom. The largest absolute Gasteiger partial charge is 0.299 e. The van der Waals surface area contributed by atoms with Crippen molar-refractivity contribution in [2.75, 3.05) is 0 Å². The predicted molar refractivity (Wildman–Crippen MR) is 64.3 cm³/mol. The highest BCUT2D eigenvalue weighted by Crippen LogP contribution is 2.24. The number of rotatable bonds is 4. The third-order valence-electron chi connectivity index (χ3n) is 2.04. The molecule has 82 valence electrons. The topological polar surface area (TPSA) is 30.0 Å². The lowest BCUT2D eigenvalue weighted by Crippen LogP contribution is -2.12. The maximum absolute atomic E-state index is 11.4. The SMILES string of the molecule is C=CCC(=O)Cc1nc(C(C)(C)C)cs1. The normalized spacial score (nSPS) is 11.4. The van der Waals surface area contributed by atoms with Crippen LogP contribution in [-0.2, 0) is 16.6 Å². The third kappa shape index (κ3) is 3.59. The highest BCUT2D eigenvalue weighted by atomic mass is 32.1. The minimum absolute atomic E-state index is 0.0657. The van der Waals surface area contributed by atoms with Gasteiger partial charge in [-0.05, 0) is 0 Å². The molecule has 2 nitrogen and oxygen atoms in total. The number of allylic oxidation sites excluding steroid dienone is 1. The molecule has 0 N–H and O–H groups in total. The van der Waals surface area contributed by atoms with E-state index in [4.69, 9.17) is 0 Å². The van der Waals surface area contributed by atoms with Crippen LogP contribution >= 0.6 is 11.3 Å². The minimum Gasteiger partial charge on any atom is -0.299 e. The van der Waals surface area contributed by atoms with E-state index in [1.807, 2.05) is 5.38 Å². The van der Waals surface area contributed by atoms with Crippen molar-refractivity contribution < 1.29 is 4.79 Å². The molecule has 0 unspecified atom stereocenters. The first kappa shape index (κ1) is 12.1. The molecule has 0 aliphatic rings. The first-order chi connectivity index (χ1) is 6.93. The molecule has 0 fully saturated rings. The molecule has 15 heavy (non-hydrogen) atoms. The number of aromatic nitrogens is 1. The third-order valence-corrected chi connectivity index (χ3v) is 2.89. The van der Waals surface area contributed by atoms with Gasteiger partial charge in [-0.2, -0.15) is 0 Å². The molecule has 0 spiro atoms. The fourth-order valence-electron chi connectivity index (χ4n) is 1.14. The number of hydrogen-bond acceptors (Lipinski definition) is 3. The molecule has 0 saturated heterocycles. The van der Waals surface area contributed by atoms with Crippen LogP contribution in [0, 0.1) is 0 Å². The molecule has 1 aromatic rings. The van der Waals surface area contributed by atoms with E-state index in [9.17, 15) is 4.79 Å². The van der Waals surface area contributed by atoms with Crippen molar-refractivity contribution in [1.82, 2.24) is 4.98 Å². The number of Topliss-reactive ketones (excluding diaryl/α,β-unsaturated/α-hetero) is 1. The molecule has 0 aliphatic heterocycles. The highest BCUT2D eigenvalue weighted by molar-refractivity contribution is 7.09. The Morgan fingerprint density at radius 3 is 2.73 bits per heavy atom. The average Bonchev–Trinajstić information content (AvgIpc) is 2.52. The van der Waals surface area contributed by atoms with E-state index in [0.29, 0.717) is 12.8 Å². The minimum atomic E-state index is 0.0657. The number of ketones is 1. The summed E-state index contributed by atoms with van der Waals surface area (Å²) >= 11 is 1.56. The van der Waals surface area contributed by atoms with E-state index in [1.165, 1.54) is 0 Å². The van der Waals surface area contributed by atoms with Crippen molar-refractivity contribution in [3.05, 3.63) is 28.7 Å². The van der Waals surface area contributed by atoms with Crippen LogP contribution in [0.4, 0.5) is 0 Å². The number of carbonyl (C=O) groups is 1. The zero-order valence-electron chi connectivity index (χ0n) is 9.54. The molecule has 1 heterocycles. The number of hydrogen-bond donors (Lipinski definition) is 0. The zero-order chi connectivity index (χ0) is 11.5. The average molecular weight is 223 g/mol. The van der Waals surface area contributed by atoms with Gasteiger partial charge in [0.05, 0.1) is 12.1 Å². The van der Waals surface area contributed by atoms with Gasteiger partial charge in [0.2, 0.25) is 0 Å². The van der Waals surface area contributed by atoms with Crippen LogP contribution in [0.25, 0.3) is 0 Å². The van der Waals surface area contributed by atoms with E-state index in [-0.39, 0.29) is 11.2 Å². The lowest BCUT2D eigenvalue weighted by molar-refractivity contribution is -0.117. The van der Waals surface area contributed by atoms with Crippen molar-refractivity contribution >= 4 is 17.1 Å². The Morgan fingerprint density at radius 2 is 2.27 bits per heavy atom. The summed E-state index contributed by atoms with van der Waals surface area (Å²) in [4.78, 5) is 15.8. The van der Waals surface area contributed by atoms with E-state index in [0.717, 1.165) is 10.7 Å². The summed E-state index contributed by atoms with van der Waals surface area (Å²) in [6.45, 7) is 9.92. The quantitative estimate of drug-likeness (QED) is 0.734. The molecule has 3 heteroatoms. The van der Waals surface area contributed by atoms with Crippen LogP contribution in [0.5, 0.6) is 0 Å². The fraction of sp³-hybridized carbons (Fsp3) is 0.500. The summed E-state index contributed by atoms with van der Waals surface area (Å²) in [5.74, 6) is 0.180. The summed E-state index contributed by atoms with van der Waals surface area (Å²) < 4.78 is 0. The van der Waals surface area contributed by atoms with Gasteiger partial charge in [-0.3, -0.25) is 4.79 Å². The van der Waals surface area contributed by atoms with Crippen LogP contribution in [0.1, 0.15) is 37.9 Å². The van der Waals surface area contributed by atoms with Crippen molar-refractivity contribution in [3.8, 4) is 0 Å². The maximum atomic E-state index is 11.4. The second-order valence-corrected chi connectivity index (χ2v) is 5.53. The Bertz CT molecular complexity index is 360. The summed E-state index contributed by atoms with van der Waals surface area (Å²) in [6.07, 6.45) is 2.51. The summed E-state index contributed by atoms with van der Waals surface area (Å²) in [5, 5.41) is 2.95. The summed E-state index contributed by atoms with van der Waals surface area (Å²) in [6, 6.07) is 0. The van der Waals surface area contributed by atoms with Gasteiger partial charge in [0.15, 0.2) is 0 Å². The van der Waals surface area contributed by atoms with Crippen molar-refractivity contribution in [2.24, 2.45) is 0 Å². The van der Waals surface area contributed by atoms with Crippen molar-refractivity contribution in [1.29, 1.82) is 0 Å². The molecule has 0 bridgehead atoms. The maximum Gasteiger partial charge on any atom is 0.143 e. The van der Waals surface area contributed by atoms with Crippen LogP contribution in [0.3, 0.4) is 0 Å². The van der Waals surface area contributed by atoms with Crippen molar-refractivity contribution in [2.45, 2.75) is 39.0 Å². The van der Waals surface area contributed by atoms with Gasteiger partial charge in [-0.25, -0.2) is 4.98 Å². The molecular weight excluding hydrogens is 206 g/mol. The first-order valence-electron chi connectivity index (χ1n) is 5.01. The van der Waals surface area contributed by atoms with E-state index in [2.05, 4.69) is 32.3 Å². The summed E-state index contributed by atoms with van der Waals surface area (Å²) in [7, 11) is 0. The lowest BCUT2D eigenvalue weighted by Gasteiger charge is -2.14. The molecular formula is C12H17NOS. The Labute approximate surface area is 95.0 Å². The smallest absolute Gasteiger partial charge is 0.143 e. The van der Waals surface area contributed by atoms with E-state index < -0.39 is 0 Å². The Kier molecular flexibility index (Phi) is 3.80. The monoisotopic (exact) mass is 223 g/mol. The molecule has 1 aromatic heterocycles. The lowest BCUT2D eigenvalue weighted by atomic mass is 9.93. The molecule has 0 aromatic carbocycles. The van der Waals surface area contributed by atoms with E-state index >= 15 is 0 Å². The highest BCUT2D eigenvalue weighted by Gasteiger charge is 2.17. The number of thiazole rings is 1. The Balaban J connectivity index is 2.69. The number of nitrogens with zero attached hydrogens (tertiary/aromatic N) is 1. The second-order valence-electron chi connectivity index (χ2n) is 4.58. The summed E-state index contributed by atoms with van der Waals surface area (Å²) in [5.41, 5.74) is 1.13. The van der Waals surface area contributed by atoms with Crippen LogP contribution in [0.15, 0.2) is 18.0 Å². The first-order valence-corrected chi connectivity index (χ1v) is 5.89. The van der Waals surface area contributed by atoms with Gasteiger partial charge in [-0.15, -0.1) is 17.9 Å². The van der Waals surface area contributed by atoms with Gasteiger partial charge in [0.1, 0.15) is 10.8 Å². The Hall–Kier alpha value is -0.960. The van der Waals surface area contributed by atoms with Gasteiger partial charge < -0.3 is 0 Å². The standard InChI is InChI=1S/C12H17NOS/c1-5-6-9(14)7-11-13-10(8-15-11)12(2,3)4/h5,8H,1,6-7H2,2-4H3. The molecule has 1 rings (SSSR count). The van der Waals surface area contributed by atoms with Crippen LogP contribution < -0.4 is 0 Å². The van der Waals surface area contributed by atoms with Gasteiger partial charge in [0.25, 0.3) is 0 Å². The second kappa shape index (κ2) is 4.71. The van der Waals surface area contributed by atoms with Crippen LogP contribution in [0.2, 0.25) is 0 Å². The predicted octanol–water partition coefficient (Wildman–Crippen LogP) is 3.13. The van der Waals surface area contributed by atoms with Gasteiger partial charge in [0, 0.05) is 17.2 Å².